The van der Waals surface area contributed by atoms with Gasteiger partial charge in [0.1, 0.15) is 0 Å². The van der Waals surface area contributed by atoms with Gasteiger partial charge in [-0.1, -0.05) is 0 Å². The first-order valence-corrected chi connectivity index (χ1v) is 5.24. The van der Waals surface area contributed by atoms with Crippen molar-refractivity contribution in [1.82, 2.24) is 0 Å². The van der Waals surface area contributed by atoms with Gasteiger partial charge in [-0.2, -0.15) is 0 Å². The zero-order valence-corrected chi connectivity index (χ0v) is 8.27. The zero-order chi connectivity index (χ0) is 8.82. The summed E-state index contributed by atoms with van der Waals surface area (Å²) in [7, 11) is 0. The maximum absolute atomic E-state index is 9.83. The highest BCUT2D eigenvalue weighted by atomic mass is 16.3. The van der Waals surface area contributed by atoms with Crippen molar-refractivity contribution in [2.24, 2.45) is 11.3 Å². The Balaban J connectivity index is 1.90. The molecule has 0 aromatic heterocycles. The molecular formula is C11H20O. The van der Waals surface area contributed by atoms with Crippen LogP contribution in [0.1, 0.15) is 52.4 Å². The molecular weight excluding hydrogens is 148 g/mol. The number of rotatable bonds is 1. The van der Waals surface area contributed by atoms with Crippen molar-refractivity contribution in [2.75, 3.05) is 0 Å². The lowest BCUT2D eigenvalue weighted by atomic mass is 9.73. The molecule has 1 spiro atoms. The van der Waals surface area contributed by atoms with E-state index in [4.69, 9.17) is 0 Å². The van der Waals surface area contributed by atoms with E-state index in [9.17, 15) is 5.11 Å². The van der Waals surface area contributed by atoms with E-state index < -0.39 is 5.60 Å². The molecule has 0 bridgehead atoms. The van der Waals surface area contributed by atoms with Gasteiger partial charge in [-0.25, -0.2) is 0 Å². The molecule has 0 aliphatic heterocycles. The summed E-state index contributed by atoms with van der Waals surface area (Å²) < 4.78 is 0. The molecule has 0 unspecified atom stereocenters. The highest BCUT2D eigenvalue weighted by Crippen LogP contribution is 2.58. The second kappa shape index (κ2) is 2.47. The first kappa shape index (κ1) is 8.55. The first-order chi connectivity index (χ1) is 5.52. The van der Waals surface area contributed by atoms with Crippen LogP contribution in [-0.4, -0.2) is 10.7 Å². The third kappa shape index (κ3) is 1.52. The van der Waals surface area contributed by atoms with Crippen LogP contribution >= 0.6 is 0 Å². The van der Waals surface area contributed by atoms with E-state index in [0.29, 0.717) is 5.92 Å². The molecule has 1 N–H and O–H groups in total. The normalized spacial score (nSPS) is 29.2. The molecule has 2 saturated carbocycles. The Morgan fingerprint density at radius 1 is 1.08 bits per heavy atom. The third-order valence-electron chi connectivity index (χ3n) is 4.00. The molecule has 0 atom stereocenters. The van der Waals surface area contributed by atoms with Gasteiger partial charge in [-0.05, 0) is 63.7 Å². The van der Waals surface area contributed by atoms with Crippen molar-refractivity contribution < 1.29 is 5.11 Å². The molecule has 0 heterocycles. The zero-order valence-electron chi connectivity index (χ0n) is 8.27. The Bertz CT molecular complexity index is 164. The molecule has 1 nitrogen and oxygen atoms in total. The number of aliphatic hydroxyl groups is 1. The van der Waals surface area contributed by atoms with Gasteiger partial charge >= 0.3 is 0 Å². The first-order valence-electron chi connectivity index (χ1n) is 5.24. The van der Waals surface area contributed by atoms with Gasteiger partial charge < -0.3 is 5.11 Å². The minimum atomic E-state index is -0.434. The van der Waals surface area contributed by atoms with E-state index in [1.54, 1.807) is 0 Å². The highest BCUT2D eigenvalue weighted by molar-refractivity contribution is 4.98. The molecule has 2 rings (SSSR count). The molecule has 0 amide bonds. The standard InChI is InChI=1S/C11H20O/c1-10(2,12)9-3-5-11(6-4-9)7-8-11/h9,12H,3-8H2,1-2H3. The maximum atomic E-state index is 9.83. The minimum Gasteiger partial charge on any atom is -0.390 e. The lowest BCUT2D eigenvalue weighted by Gasteiger charge is -2.36. The summed E-state index contributed by atoms with van der Waals surface area (Å²) in [4.78, 5) is 0. The van der Waals surface area contributed by atoms with E-state index in [1.807, 2.05) is 13.8 Å². The average Bonchev–Trinajstić information content (AvgIpc) is 2.68. The van der Waals surface area contributed by atoms with Gasteiger partial charge in [0.25, 0.3) is 0 Å². The summed E-state index contributed by atoms with van der Waals surface area (Å²) in [6.07, 6.45) is 8.19. The maximum Gasteiger partial charge on any atom is 0.0619 e. The van der Waals surface area contributed by atoms with Crippen molar-refractivity contribution in [3.8, 4) is 0 Å². The molecule has 2 aliphatic carbocycles. The Labute approximate surface area is 75.2 Å². The molecule has 70 valence electrons. The summed E-state index contributed by atoms with van der Waals surface area (Å²) in [5.41, 5.74) is 0.332. The summed E-state index contributed by atoms with van der Waals surface area (Å²) in [5, 5.41) is 9.83. The smallest absolute Gasteiger partial charge is 0.0619 e. The quantitative estimate of drug-likeness (QED) is 0.638. The molecule has 2 fully saturated rings. The van der Waals surface area contributed by atoms with Crippen LogP contribution in [0.3, 0.4) is 0 Å². The third-order valence-corrected chi connectivity index (χ3v) is 4.00. The van der Waals surface area contributed by atoms with Gasteiger partial charge in [0.05, 0.1) is 5.60 Å². The Hall–Kier alpha value is -0.0400. The largest absolute Gasteiger partial charge is 0.390 e. The summed E-state index contributed by atoms with van der Waals surface area (Å²) in [6.45, 7) is 3.92. The Kier molecular flexibility index (Phi) is 1.76. The van der Waals surface area contributed by atoms with Crippen molar-refractivity contribution in [1.29, 1.82) is 0 Å². The van der Waals surface area contributed by atoms with Crippen LogP contribution < -0.4 is 0 Å². The Morgan fingerprint density at radius 2 is 1.58 bits per heavy atom. The van der Waals surface area contributed by atoms with Crippen LogP contribution in [0.2, 0.25) is 0 Å². The van der Waals surface area contributed by atoms with Gasteiger partial charge in [-0.3, -0.25) is 0 Å². The van der Waals surface area contributed by atoms with Crippen molar-refractivity contribution in [2.45, 2.75) is 58.0 Å². The second-order valence-electron chi connectivity index (χ2n) is 5.43. The SMILES string of the molecule is CC(C)(O)C1CCC2(CC1)CC2. The topological polar surface area (TPSA) is 20.2 Å². The van der Waals surface area contributed by atoms with Crippen LogP contribution in [0.25, 0.3) is 0 Å². The molecule has 2 aliphatic rings. The van der Waals surface area contributed by atoms with Crippen LogP contribution in [0.15, 0.2) is 0 Å². The van der Waals surface area contributed by atoms with E-state index in [1.165, 1.54) is 38.5 Å². The molecule has 1 heteroatoms. The van der Waals surface area contributed by atoms with Crippen molar-refractivity contribution >= 4 is 0 Å². The molecule has 0 saturated heterocycles. The highest BCUT2D eigenvalue weighted by Gasteiger charge is 2.46. The van der Waals surface area contributed by atoms with Gasteiger partial charge in [0, 0.05) is 0 Å². The van der Waals surface area contributed by atoms with Crippen LogP contribution in [0.4, 0.5) is 0 Å². The summed E-state index contributed by atoms with van der Waals surface area (Å²) in [5.74, 6) is 0.559. The fourth-order valence-corrected chi connectivity index (χ4v) is 2.61. The fraction of sp³-hybridized carbons (Fsp3) is 1.00. The van der Waals surface area contributed by atoms with Gasteiger partial charge in [0.15, 0.2) is 0 Å². The lowest BCUT2D eigenvalue weighted by molar-refractivity contribution is -0.00802. The predicted molar refractivity (Wildman–Crippen MR) is 49.9 cm³/mol. The fourth-order valence-electron chi connectivity index (χ4n) is 2.61. The van der Waals surface area contributed by atoms with Gasteiger partial charge in [0.2, 0.25) is 0 Å². The summed E-state index contributed by atoms with van der Waals surface area (Å²) >= 11 is 0. The molecule has 0 aromatic rings. The van der Waals surface area contributed by atoms with Crippen LogP contribution in [0, 0.1) is 11.3 Å². The number of hydrogen-bond acceptors (Lipinski definition) is 1. The van der Waals surface area contributed by atoms with Gasteiger partial charge in [-0.15, -0.1) is 0 Å². The van der Waals surface area contributed by atoms with E-state index in [-0.39, 0.29) is 0 Å². The van der Waals surface area contributed by atoms with E-state index in [0.717, 1.165) is 5.41 Å². The minimum absolute atomic E-state index is 0.434. The summed E-state index contributed by atoms with van der Waals surface area (Å²) in [6, 6.07) is 0. The van der Waals surface area contributed by atoms with Crippen molar-refractivity contribution in [3.63, 3.8) is 0 Å². The molecule has 12 heavy (non-hydrogen) atoms. The predicted octanol–water partition coefficient (Wildman–Crippen LogP) is 2.73. The molecule has 0 radical (unpaired) electrons. The number of hydrogen-bond donors (Lipinski definition) is 1. The lowest BCUT2D eigenvalue weighted by Crippen LogP contribution is -2.34. The van der Waals surface area contributed by atoms with Crippen LogP contribution in [-0.2, 0) is 0 Å². The molecule has 0 aromatic carbocycles. The second-order valence-corrected chi connectivity index (χ2v) is 5.43. The van der Waals surface area contributed by atoms with Crippen molar-refractivity contribution in [3.05, 3.63) is 0 Å². The monoisotopic (exact) mass is 168 g/mol. The van der Waals surface area contributed by atoms with Crippen LogP contribution in [0.5, 0.6) is 0 Å². The van der Waals surface area contributed by atoms with E-state index in [2.05, 4.69) is 0 Å². The van der Waals surface area contributed by atoms with E-state index >= 15 is 0 Å². The average molecular weight is 168 g/mol. The Morgan fingerprint density at radius 3 is 1.92 bits per heavy atom.